The van der Waals surface area contributed by atoms with E-state index in [2.05, 4.69) is 31.7 Å². The highest BCUT2D eigenvalue weighted by molar-refractivity contribution is 5.80. The van der Waals surface area contributed by atoms with Crippen molar-refractivity contribution in [1.82, 2.24) is 0 Å². The summed E-state index contributed by atoms with van der Waals surface area (Å²) in [5.74, 6) is -0.201. The molecule has 0 N–H and O–H groups in total. The highest BCUT2D eigenvalue weighted by Crippen LogP contribution is 2.58. The van der Waals surface area contributed by atoms with Crippen molar-refractivity contribution in [3.63, 3.8) is 0 Å². The first-order valence-corrected chi connectivity index (χ1v) is 9.09. The van der Waals surface area contributed by atoms with Crippen LogP contribution in [0.3, 0.4) is 0 Å². The van der Waals surface area contributed by atoms with Crippen molar-refractivity contribution < 1.29 is 8.78 Å². The van der Waals surface area contributed by atoms with E-state index >= 15 is 0 Å². The molecule has 1 fully saturated rings. The maximum absolute atomic E-state index is 13.4. The molecule has 0 heterocycles. The molecule has 2 atom stereocenters. The van der Waals surface area contributed by atoms with E-state index < -0.39 is 0 Å². The minimum Gasteiger partial charge on any atom is -0.207 e. The normalized spacial score (nSPS) is 20.9. The highest BCUT2D eigenvalue weighted by Gasteiger charge is 2.54. The van der Waals surface area contributed by atoms with Gasteiger partial charge in [-0.05, 0) is 52.4 Å². The summed E-state index contributed by atoms with van der Waals surface area (Å²) in [5, 5.41) is 0. The van der Waals surface area contributed by atoms with Gasteiger partial charge < -0.3 is 0 Å². The van der Waals surface area contributed by atoms with Gasteiger partial charge >= 0.3 is 0 Å². The largest absolute Gasteiger partial charge is 0.207 e. The molecule has 1 saturated carbocycles. The van der Waals surface area contributed by atoms with Crippen LogP contribution >= 0.6 is 0 Å². The van der Waals surface area contributed by atoms with Crippen LogP contribution in [0.15, 0.2) is 90.2 Å². The third-order valence-electron chi connectivity index (χ3n) is 5.67. The van der Waals surface area contributed by atoms with Crippen LogP contribution in [0.25, 0.3) is 5.57 Å². The van der Waals surface area contributed by atoms with Gasteiger partial charge in [0.25, 0.3) is 0 Å². The van der Waals surface area contributed by atoms with Gasteiger partial charge in [-0.15, -0.1) is 5.73 Å². The number of allylic oxidation sites excluding steroid dienone is 1. The minimum absolute atomic E-state index is 0.0629. The fraction of sp³-hybridized carbons (Fsp3) is 0.160. The standard InChI is InChI=1S/C25H20F2/c1-17-24(25(17,2)20-6-4-3-5-7-20)16-23(18-8-12-21(26)13-9-18)19-10-14-22(27)15-11-19/h3-15,17H,1-2H3/t17-,25+/m0/s1. The zero-order chi connectivity index (χ0) is 19.0. The second-order valence-electron chi connectivity index (χ2n) is 7.22. The lowest BCUT2D eigenvalue weighted by atomic mass is 9.94. The summed E-state index contributed by atoms with van der Waals surface area (Å²) in [5.41, 5.74) is 8.58. The molecule has 0 saturated heterocycles. The fourth-order valence-electron chi connectivity index (χ4n) is 3.73. The van der Waals surface area contributed by atoms with Crippen LogP contribution in [0.5, 0.6) is 0 Å². The number of hydrogen-bond donors (Lipinski definition) is 0. The van der Waals surface area contributed by atoms with Crippen LogP contribution in [-0.4, -0.2) is 0 Å². The van der Waals surface area contributed by atoms with Crippen molar-refractivity contribution >= 4 is 5.57 Å². The summed E-state index contributed by atoms with van der Waals surface area (Å²) >= 11 is 0. The lowest BCUT2D eigenvalue weighted by molar-refractivity contribution is 0.627. The van der Waals surface area contributed by atoms with Crippen molar-refractivity contribution in [3.8, 4) is 0 Å². The molecule has 2 heteroatoms. The second kappa shape index (κ2) is 6.64. The van der Waals surface area contributed by atoms with E-state index in [1.54, 1.807) is 24.3 Å². The third-order valence-corrected chi connectivity index (χ3v) is 5.67. The molecular formula is C25H20F2. The Morgan fingerprint density at radius 3 is 1.74 bits per heavy atom. The van der Waals surface area contributed by atoms with Gasteiger partial charge in [0.05, 0.1) is 0 Å². The monoisotopic (exact) mass is 358 g/mol. The molecule has 0 unspecified atom stereocenters. The van der Waals surface area contributed by atoms with Crippen LogP contribution in [0.1, 0.15) is 30.5 Å². The van der Waals surface area contributed by atoms with Gasteiger partial charge in [-0.3, -0.25) is 0 Å². The van der Waals surface area contributed by atoms with E-state index in [4.69, 9.17) is 0 Å². The predicted molar refractivity (Wildman–Crippen MR) is 105 cm³/mol. The molecule has 3 aromatic rings. The maximum Gasteiger partial charge on any atom is 0.123 e. The van der Waals surface area contributed by atoms with Crippen LogP contribution < -0.4 is 0 Å². The Kier molecular flexibility index (Phi) is 4.30. The molecule has 0 radical (unpaired) electrons. The Labute approximate surface area is 158 Å². The first-order chi connectivity index (χ1) is 13.0. The second-order valence-corrected chi connectivity index (χ2v) is 7.22. The molecule has 1 aliphatic carbocycles. The van der Waals surface area contributed by atoms with E-state index in [1.165, 1.54) is 35.4 Å². The molecule has 0 spiro atoms. The Bertz CT molecular complexity index is 976. The molecule has 134 valence electrons. The molecular weight excluding hydrogens is 338 g/mol. The van der Waals surface area contributed by atoms with Crippen molar-refractivity contribution in [2.24, 2.45) is 5.92 Å². The van der Waals surface area contributed by atoms with Crippen LogP contribution in [-0.2, 0) is 5.41 Å². The molecule has 0 aromatic heterocycles. The molecule has 1 aliphatic rings. The summed E-state index contributed by atoms with van der Waals surface area (Å²) in [7, 11) is 0. The lowest BCUT2D eigenvalue weighted by Gasteiger charge is -2.09. The van der Waals surface area contributed by atoms with Gasteiger partial charge in [0.1, 0.15) is 11.6 Å². The number of benzene rings is 3. The molecule has 0 bridgehead atoms. The molecule has 3 aromatic carbocycles. The van der Waals surface area contributed by atoms with E-state index in [1.807, 2.05) is 18.2 Å². The summed E-state index contributed by atoms with van der Waals surface area (Å²) in [6, 6.07) is 23.1. The molecule has 4 rings (SSSR count). The predicted octanol–water partition coefficient (Wildman–Crippen LogP) is 6.53. The maximum atomic E-state index is 13.4. The van der Waals surface area contributed by atoms with Crippen LogP contribution in [0, 0.1) is 17.6 Å². The summed E-state index contributed by atoms with van der Waals surface area (Å²) in [6.07, 6.45) is 0. The Hall–Kier alpha value is -2.96. The number of rotatable bonds is 3. The number of hydrogen-bond acceptors (Lipinski definition) is 0. The fourth-order valence-corrected chi connectivity index (χ4v) is 3.73. The van der Waals surface area contributed by atoms with E-state index in [-0.39, 0.29) is 17.0 Å². The van der Waals surface area contributed by atoms with Gasteiger partial charge in [-0.25, -0.2) is 8.78 Å². The quantitative estimate of drug-likeness (QED) is 0.467. The van der Waals surface area contributed by atoms with Crippen molar-refractivity contribution in [1.29, 1.82) is 0 Å². The van der Waals surface area contributed by atoms with Gasteiger partial charge in [0.15, 0.2) is 0 Å². The van der Waals surface area contributed by atoms with Gasteiger partial charge in [0, 0.05) is 11.0 Å². The van der Waals surface area contributed by atoms with Crippen LogP contribution in [0.4, 0.5) is 8.78 Å². The highest BCUT2D eigenvalue weighted by atomic mass is 19.1. The Morgan fingerprint density at radius 2 is 1.26 bits per heavy atom. The zero-order valence-electron chi connectivity index (χ0n) is 15.3. The van der Waals surface area contributed by atoms with E-state index in [0.29, 0.717) is 5.92 Å². The molecule has 0 aliphatic heterocycles. The molecule has 27 heavy (non-hydrogen) atoms. The molecule has 0 amide bonds. The van der Waals surface area contributed by atoms with E-state index in [9.17, 15) is 8.78 Å². The van der Waals surface area contributed by atoms with Crippen molar-refractivity contribution in [2.45, 2.75) is 19.3 Å². The first kappa shape index (κ1) is 17.5. The minimum atomic E-state index is -0.279. The molecule has 0 nitrogen and oxygen atoms in total. The van der Waals surface area contributed by atoms with Gasteiger partial charge in [-0.1, -0.05) is 68.4 Å². The van der Waals surface area contributed by atoms with Gasteiger partial charge in [-0.2, -0.15) is 0 Å². The average Bonchev–Trinajstić information content (AvgIpc) is 3.23. The van der Waals surface area contributed by atoms with Crippen molar-refractivity contribution in [2.75, 3.05) is 0 Å². The third kappa shape index (κ3) is 3.13. The summed E-state index contributed by atoms with van der Waals surface area (Å²) < 4.78 is 26.8. The van der Waals surface area contributed by atoms with E-state index in [0.717, 1.165) is 16.7 Å². The number of halogens is 2. The van der Waals surface area contributed by atoms with Crippen molar-refractivity contribution in [3.05, 3.63) is 118 Å². The average molecular weight is 358 g/mol. The lowest BCUT2D eigenvalue weighted by Crippen LogP contribution is -2.02. The zero-order valence-corrected chi connectivity index (χ0v) is 15.3. The topological polar surface area (TPSA) is 0 Å². The van der Waals surface area contributed by atoms with Gasteiger partial charge in [0.2, 0.25) is 0 Å². The van der Waals surface area contributed by atoms with Crippen LogP contribution in [0.2, 0.25) is 0 Å². The SMILES string of the molecule is C[C@H]1C(=C=C(c2ccc(F)cc2)c2ccc(F)cc2)[C@@]1(C)c1ccccc1. The Morgan fingerprint density at radius 1 is 0.778 bits per heavy atom. The first-order valence-electron chi connectivity index (χ1n) is 9.09. The summed E-state index contributed by atoms with van der Waals surface area (Å²) in [4.78, 5) is 0. The summed E-state index contributed by atoms with van der Waals surface area (Å²) in [6.45, 7) is 4.42. The Balaban J connectivity index is 1.90. The smallest absolute Gasteiger partial charge is 0.123 e.